The number of likely N-dealkylation sites (tertiary alicyclic amines) is 1. The molecule has 1 amide bonds. The SMILES string of the molecule is CC(C)CC(=O)N1C[C@@H](O)C[C@H]1C(=O)O. The van der Waals surface area contributed by atoms with E-state index in [9.17, 15) is 14.7 Å². The minimum Gasteiger partial charge on any atom is -0.480 e. The molecule has 5 nitrogen and oxygen atoms in total. The molecule has 0 aromatic carbocycles. The van der Waals surface area contributed by atoms with Crippen LogP contribution in [0.5, 0.6) is 0 Å². The van der Waals surface area contributed by atoms with E-state index in [1.807, 2.05) is 13.8 Å². The largest absolute Gasteiger partial charge is 0.480 e. The zero-order valence-electron chi connectivity index (χ0n) is 9.01. The second-order valence-corrected chi connectivity index (χ2v) is 4.39. The Kier molecular flexibility index (Phi) is 3.68. The van der Waals surface area contributed by atoms with Crippen LogP contribution in [-0.2, 0) is 9.59 Å². The molecule has 0 radical (unpaired) electrons. The van der Waals surface area contributed by atoms with Crippen LogP contribution in [0.3, 0.4) is 0 Å². The van der Waals surface area contributed by atoms with Gasteiger partial charge in [-0.2, -0.15) is 0 Å². The highest BCUT2D eigenvalue weighted by Crippen LogP contribution is 2.20. The third kappa shape index (κ3) is 2.92. The van der Waals surface area contributed by atoms with Gasteiger partial charge in [0.05, 0.1) is 6.10 Å². The Morgan fingerprint density at radius 3 is 2.53 bits per heavy atom. The van der Waals surface area contributed by atoms with Gasteiger partial charge >= 0.3 is 5.97 Å². The van der Waals surface area contributed by atoms with E-state index in [4.69, 9.17) is 5.11 Å². The van der Waals surface area contributed by atoms with E-state index in [1.54, 1.807) is 0 Å². The van der Waals surface area contributed by atoms with E-state index in [0.717, 1.165) is 0 Å². The number of β-amino-alcohol motifs (C(OH)–C–C–N with tert-alkyl or cyclic N) is 1. The molecule has 1 rings (SSSR count). The average Bonchev–Trinajstić information content (AvgIpc) is 2.46. The first-order chi connectivity index (χ1) is 6.91. The van der Waals surface area contributed by atoms with Gasteiger partial charge in [-0.1, -0.05) is 13.8 Å². The molecule has 2 atom stereocenters. The fourth-order valence-electron chi connectivity index (χ4n) is 1.79. The molecule has 0 unspecified atom stereocenters. The Balaban J connectivity index is 2.66. The molecule has 0 aromatic rings. The van der Waals surface area contributed by atoms with Gasteiger partial charge in [0, 0.05) is 19.4 Å². The molecule has 2 N–H and O–H groups in total. The van der Waals surface area contributed by atoms with Crippen molar-refractivity contribution in [3.05, 3.63) is 0 Å². The zero-order chi connectivity index (χ0) is 11.6. The summed E-state index contributed by atoms with van der Waals surface area (Å²) in [4.78, 5) is 23.8. The summed E-state index contributed by atoms with van der Waals surface area (Å²) in [6, 6.07) is -0.855. The second kappa shape index (κ2) is 4.61. The summed E-state index contributed by atoms with van der Waals surface area (Å²) < 4.78 is 0. The van der Waals surface area contributed by atoms with Crippen molar-refractivity contribution < 1.29 is 19.8 Å². The van der Waals surface area contributed by atoms with Crippen LogP contribution in [0, 0.1) is 5.92 Å². The standard InChI is InChI=1S/C10H17NO4/c1-6(2)3-9(13)11-5-7(12)4-8(11)10(14)15/h6-8,12H,3-5H2,1-2H3,(H,14,15)/t7-,8-/m0/s1. The molecule has 1 aliphatic rings. The molecule has 86 valence electrons. The molecule has 15 heavy (non-hydrogen) atoms. The van der Waals surface area contributed by atoms with Gasteiger partial charge in [-0.05, 0) is 5.92 Å². The van der Waals surface area contributed by atoms with Crippen molar-refractivity contribution in [2.45, 2.75) is 38.8 Å². The number of rotatable bonds is 3. The van der Waals surface area contributed by atoms with Crippen molar-refractivity contribution in [1.82, 2.24) is 4.90 Å². The number of aliphatic hydroxyl groups is 1. The molecule has 0 aliphatic carbocycles. The minimum absolute atomic E-state index is 0.138. The monoisotopic (exact) mass is 215 g/mol. The highest BCUT2D eigenvalue weighted by molar-refractivity contribution is 5.84. The molecule has 0 aromatic heterocycles. The number of carboxylic acids is 1. The number of carbonyl (C=O) groups excluding carboxylic acids is 1. The Morgan fingerprint density at radius 1 is 1.47 bits per heavy atom. The molecule has 5 heteroatoms. The third-order valence-corrected chi connectivity index (χ3v) is 2.47. The number of carbonyl (C=O) groups is 2. The van der Waals surface area contributed by atoms with Crippen molar-refractivity contribution in [1.29, 1.82) is 0 Å². The van der Waals surface area contributed by atoms with Crippen LogP contribution >= 0.6 is 0 Å². The smallest absolute Gasteiger partial charge is 0.326 e. The molecule has 0 spiro atoms. The van der Waals surface area contributed by atoms with Crippen LogP contribution in [0.25, 0.3) is 0 Å². The number of aliphatic hydroxyl groups excluding tert-OH is 1. The Hall–Kier alpha value is -1.10. The lowest BCUT2D eigenvalue weighted by Crippen LogP contribution is -2.40. The van der Waals surface area contributed by atoms with E-state index in [-0.39, 0.29) is 24.8 Å². The van der Waals surface area contributed by atoms with E-state index < -0.39 is 18.1 Å². The Labute approximate surface area is 88.7 Å². The van der Waals surface area contributed by atoms with Crippen molar-refractivity contribution in [3.63, 3.8) is 0 Å². The minimum atomic E-state index is -1.04. The third-order valence-electron chi connectivity index (χ3n) is 2.47. The Bertz CT molecular complexity index is 264. The summed E-state index contributed by atoms with van der Waals surface area (Å²) >= 11 is 0. The molecule has 1 heterocycles. The van der Waals surface area contributed by atoms with Crippen LogP contribution in [0.2, 0.25) is 0 Å². The van der Waals surface area contributed by atoms with E-state index >= 15 is 0 Å². The summed E-state index contributed by atoms with van der Waals surface area (Å²) in [6.45, 7) is 3.95. The van der Waals surface area contributed by atoms with E-state index in [0.29, 0.717) is 6.42 Å². The molecule has 0 bridgehead atoms. The van der Waals surface area contributed by atoms with Gasteiger partial charge in [-0.3, -0.25) is 4.79 Å². The zero-order valence-corrected chi connectivity index (χ0v) is 9.01. The van der Waals surface area contributed by atoms with Crippen molar-refractivity contribution in [2.75, 3.05) is 6.54 Å². The highest BCUT2D eigenvalue weighted by atomic mass is 16.4. The molecule has 1 saturated heterocycles. The summed E-state index contributed by atoms with van der Waals surface area (Å²) in [7, 11) is 0. The van der Waals surface area contributed by atoms with E-state index in [1.165, 1.54) is 4.90 Å². The normalized spacial score (nSPS) is 26.0. The van der Waals surface area contributed by atoms with Gasteiger partial charge in [0.25, 0.3) is 0 Å². The number of carboxylic acid groups (broad SMARTS) is 1. The summed E-state index contributed by atoms with van der Waals surface area (Å²) in [5.74, 6) is -1.03. The molecular formula is C10H17NO4. The van der Waals surface area contributed by atoms with Gasteiger partial charge in [0.2, 0.25) is 5.91 Å². The summed E-state index contributed by atoms with van der Waals surface area (Å²) in [5.41, 5.74) is 0. The lowest BCUT2D eigenvalue weighted by molar-refractivity contribution is -0.148. The van der Waals surface area contributed by atoms with Crippen molar-refractivity contribution in [2.24, 2.45) is 5.92 Å². The van der Waals surface area contributed by atoms with Gasteiger partial charge in [0.1, 0.15) is 6.04 Å². The predicted molar refractivity (Wildman–Crippen MR) is 53.2 cm³/mol. The number of hydrogen-bond acceptors (Lipinski definition) is 3. The number of hydrogen-bond donors (Lipinski definition) is 2. The highest BCUT2D eigenvalue weighted by Gasteiger charge is 2.38. The number of nitrogens with zero attached hydrogens (tertiary/aromatic N) is 1. The molecular weight excluding hydrogens is 198 g/mol. The topological polar surface area (TPSA) is 77.8 Å². The van der Waals surface area contributed by atoms with Gasteiger partial charge in [-0.15, -0.1) is 0 Å². The molecule has 1 fully saturated rings. The lowest BCUT2D eigenvalue weighted by atomic mass is 10.1. The Morgan fingerprint density at radius 2 is 2.07 bits per heavy atom. The summed E-state index contributed by atoms with van der Waals surface area (Å²) in [6.07, 6.45) is -0.238. The molecule has 1 aliphatic heterocycles. The van der Waals surface area contributed by atoms with Gasteiger partial charge < -0.3 is 15.1 Å². The maximum Gasteiger partial charge on any atom is 0.326 e. The first kappa shape index (κ1) is 12.0. The fraction of sp³-hybridized carbons (Fsp3) is 0.800. The average molecular weight is 215 g/mol. The van der Waals surface area contributed by atoms with Crippen LogP contribution in [0.4, 0.5) is 0 Å². The van der Waals surface area contributed by atoms with Crippen LogP contribution in [0.1, 0.15) is 26.7 Å². The number of aliphatic carboxylic acids is 1. The maximum atomic E-state index is 11.7. The maximum absolute atomic E-state index is 11.7. The van der Waals surface area contributed by atoms with E-state index in [2.05, 4.69) is 0 Å². The van der Waals surface area contributed by atoms with Gasteiger partial charge in [-0.25, -0.2) is 4.79 Å². The van der Waals surface area contributed by atoms with Crippen LogP contribution in [0.15, 0.2) is 0 Å². The quantitative estimate of drug-likeness (QED) is 0.698. The predicted octanol–water partition coefficient (Wildman–Crippen LogP) is 0.0789. The second-order valence-electron chi connectivity index (χ2n) is 4.39. The first-order valence-electron chi connectivity index (χ1n) is 5.12. The van der Waals surface area contributed by atoms with Crippen molar-refractivity contribution in [3.8, 4) is 0 Å². The first-order valence-corrected chi connectivity index (χ1v) is 5.12. The number of amides is 1. The van der Waals surface area contributed by atoms with Crippen LogP contribution in [-0.4, -0.2) is 45.7 Å². The molecule has 0 saturated carbocycles. The summed E-state index contributed by atoms with van der Waals surface area (Å²) in [5, 5.41) is 18.2. The van der Waals surface area contributed by atoms with Gasteiger partial charge in [0.15, 0.2) is 0 Å². The fourth-order valence-corrected chi connectivity index (χ4v) is 1.79. The van der Waals surface area contributed by atoms with Crippen molar-refractivity contribution >= 4 is 11.9 Å². The lowest BCUT2D eigenvalue weighted by Gasteiger charge is -2.21. The van der Waals surface area contributed by atoms with Crippen LogP contribution < -0.4 is 0 Å².